The van der Waals surface area contributed by atoms with Crippen molar-refractivity contribution >= 4 is 24.9 Å². The van der Waals surface area contributed by atoms with Gasteiger partial charge in [-0.1, -0.05) is 0 Å². The van der Waals surface area contributed by atoms with Crippen LogP contribution in [0.4, 0.5) is 4.79 Å². The number of hydrogen-bond donors (Lipinski definition) is 4. The van der Waals surface area contributed by atoms with E-state index in [0.717, 1.165) is 12.1 Å². The Morgan fingerprint density at radius 3 is 1.22 bits per heavy atom. The van der Waals surface area contributed by atoms with Crippen molar-refractivity contribution in [2.45, 2.75) is 13.8 Å². The van der Waals surface area contributed by atoms with Gasteiger partial charge in [-0.05, 0) is 44.7 Å². The summed E-state index contributed by atoms with van der Waals surface area (Å²) in [4.78, 5) is 52.4. The Labute approximate surface area is 247 Å². The van der Waals surface area contributed by atoms with Gasteiger partial charge >= 0.3 is 88.7 Å². The zero-order valence-electron chi connectivity index (χ0n) is 17.7. The Kier molecular flexibility index (Phi) is 13.0. The van der Waals surface area contributed by atoms with Crippen LogP contribution in [-0.2, 0) is 4.57 Å². The van der Waals surface area contributed by atoms with Gasteiger partial charge in [0.1, 0.15) is 23.0 Å². The minimum absolute atomic E-state index is 0. The average Bonchev–Trinajstić information content (AvgIpc) is 2.58. The Morgan fingerprint density at radius 2 is 1.00 bits per heavy atom. The molecular weight excluding hydrogens is 480 g/mol. The number of carbonyl (C=O) groups excluding carboxylic acids is 3. The number of phenols is 4. The maximum atomic E-state index is 12.6. The van der Waals surface area contributed by atoms with Gasteiger partial charge in [-0.25, -0.2) is 0 Å². The molecule has 0 unspecified atom stereocenters. The molecule has 0 bridgehead atoms. The number of benzene rings is 2. The van der Waals surface area contributed by atoms with E-state index in [-0.39, 0.29) is 122 Å². The first-order valence-electron chi connectivity index (χ1n) is 7.64. The van der Waals surface area contributed by atoms with Crippen molar-refractivity contribution in [2.24, 2.45) is 0 Å². The first-order valence-corrected chi connectivity index (χ1v) is 9.18. The molecule has 0 aliphatic heterocycles. The maximum absolute atomic E-state index is 12.6. The van der Waals surface area contributed by atoms with Crippen molar-refractivity contribution in [2.75, 3.05) is 0 Å². The topological polar surface area (TPSA) is 218 Å². The standard InChI is InChI=1S/C16H12O6.CH3O5P.3Na/c1-5-3-7(17)9-11(13(5)19)15(21)10-8(18)4-6(2)14(20)12(10)16(9)22;2-1(3)7(4,5)6;;;/h3-4,17-20H,1-2H3;(H,2,3)(H2,4,5,6);;;/q;;3*+1/p-3. The molecule has 0 amide bonds. The number of ketones is 2. The molecule has 15 heteroatoms. The number of carboxylic acid groups (broad SMARTS) is 1. The fourth-order valence-electron chi connectivity index (χ4n) is 2.73. The van der Waals surface area contributed by atoms with Gasteiger partial charge in [0.15, 0.2) is 0 Å². The van der Waals surface area contributed by atoms with Crippen LogP contribution in [0.15, 0.2) is 12.1 Å². The van der Waals surface area contributed by atoms with Gasteiger partial charge in [-0.3, -0.25) is 9.59 Å². The van der Waals surface area contributed by atoms with E-state index in [1.165, 1.54) is 13.8 Å². The van der Waals surface area contributed by atoms with Crippen molar-refractivity contribution in [3.8, 4) is 23.0 Å². The molecule has 0 aromatic heterocycles. The second-order valence-corrected chi connectivity index (χ2v) is 7.40. The first kappa shape index (κ1) is 33.8. The summed E-state index contributed by atoms with van der Waals surface area (Å²) in [5.41, 5.74) is -3.61. The summed E-state index contributed by atoms with van der Waals surface area (Å²) in [5, 5.41) is 49.1. The van der Waals surface area contributed by atoms with E-state index in [2.05, 4.69) is 0 Å². The third-order valence-electron chi connectivity index (χ3n) is 4.07. The van der Waals surface area contributed by atoms with Gasteiger partial charge in [0.05, 0.1) is 28.0 Å². The molecule has 1 aliphatic rings. The molecule has 0 radical (unpaired) electrons. The number of fused-ring (bicyclic) bond motifs is 2. The van der Waals surface area contributed by atoms with Crippen LogP contribution in [0.2, 0.25) is 0 Å². The number of rotatable bonds is 1. The number of hydrogen-bond acceptors (Lipinski definition) is 11. The van der Waals surface area contributed by atoms with Crippen LogP contribution in [0.3, 0.4) is 0 Å². The van der Waals surface area contributed by atoms with Gasteiger partial charge in [0.2, 0.25) is 11.6 Å². The predicted molar refractivity (Wildman–Crippen MR) is 88.9 cm³/mol. The summed E-state index contributed by atoms with van der Waals surface area (Å²) in [6.45, 7) is 2.93. The normalized spacial score (nSPS) is 11.4. The molecular formula is C17H12Na3O11P. The Morgan fingerprint density at radius 1 is 0.750 bits per heavy atom. The molecule has 3 rings (SSSR count). The summed E-state index contributed by atoms with van der Waals surface area (Å²) in [7, 11) is -5.43. The fourth-order valence-corrected chi connectivity index (χ4v) is 2.73. The second kappa shape index (κ2) is 12.3. The van der Waals surface area contributed by atoms with E-state index in [1.54, 1.807) is 0 Å². The van der Waals surface area contributed by atoms with E-state index in [0.29, 0.717) is 0 Å². The molecule has 0 atom stereocenters. The minimum Gasteiger partial charge on any atom is -0.807 e. The molecule has 0 heterocycles. The minimum atomic E-state index is -5.43. The Balaban J connectivity index is 0. The van der Waals surface area contributed by atoms with Gasteiger partial charge in [0, 0.05) is 0 Å². The van der Waals surface area contributed by atoms with Gasteiger partial charge in [0.25, 0.3) is 0 Å². The second-order valence-electron chi connectivity index (χ2n) is 6.04. The smallest absolute Gasteiger partial charge is 0.807 e. The van der Waals surface area contributed by atoms with Crippen molar-refractivity contribution in [1.82, 2.24) is 0 Å². The molecule has 4 N–H and O–H groups in total. The number of phenolic OH excluding ortho intramolecular Hbond substituents is 4. The van der Waals surface area contributed by atoms with Crippen LogP contribution in [0.5, 0.6) is 23.0 Å². The molecule has 0 fully saturated rings. The van der Waals surface area contributed by atoms with E-state index in [4.69, 9.17) is 24.3 Å². The quantitative estimate of drug-likeness (QED) is 0.142. The zero-order chi connectivity index (χ0) is 22.4. The molecule has 1 aliphatic carbocycles. The molecule has 2 aromatic rings. The van der Waals surface area contributed by atoms with Crippen LogP contribution < -0.4 is 104 Å². The van der Waals surface area contributed by atoms with Gasteiger partial charge in [-0.15, -0.1) is 0 Å². The third kappa shape index (κ3) is 6.38. The van der Waals surface area contributed by atoms with E-state index in [1.807, 2.05) is 0 Å². The largest absolute Gasteiger partial charge is 1.00 e. The molecule has 11 nitrogen and oxygen atoms in total. The number of carbonyl (C=O) groups is 3. The predicted octanol–water partition coefficient (Wildman–Crippen LogP) is -9.84. The summed E-state index contributed by atoms with van der Waals surface area (Å²) in [6, 6.07) is 2.33. The fraction of sp³-hybridized carbons (Fsp3) is 0.118. The van der Waals surface area contributed by atoms with Crippen molar-refractivity contribution in [3.05, 3.63) is 45.5 Å². The number of aromatic hydroxyl groups is 4. The van der Waals surface area contributed by atoms with Gasteiger partial charge < -0.3 is 44.7 Å². The van der Waals surface area contributed by atoms with E-state index in [9.17, 15) is 30.0 Å². The first-order chi connectivity index (χ1) is 13.2. The summed E-state index contributed by atoms with van der Waals surface area (Å²) in [6.07, 6.45) is 0. The van der Waals surface area contributed by atoms with E-state index >= 15 is 0 Å². The summed E-state index contributed by atoms with van der Waals surface area (Å²) >= 11 is 0. The van der Waals surface area contributed by atoms with Crippen molar-refractivity contribution < 1.29 is 143 Å². The molecule has 0 saturated carbocycles. The average molecular weight is 492 g/mol. The third-order valence-corrected chi connectivity index (χ3v) is 4.52. The van der Waals surface area contributed by atoms with Crippen LogP contribution in [0, 0.1) is 13.8 Å². The van der Waals surface area contributed by atoms with Crippen molar-refractivity contribution in [1.29, 1.82) is 0 Å². The summed E-state index contributed by atoms with van der Waals surface area (Å²) in [5.74, 6) is -3.44. The molecule has 32 heavy (non-hydrogen) atoms. The molecule has 0 saturated heterocycles. The SMILES string of the molecule is Cc1cc(O)c2c(c1O)C(=O)c1c(O)cc(C)c(O)c1C2=O.O=C([O-])P(=O)([O-])[O-].[Na+].[Na+].[Na+]. The zero-order valence-corrected chi connectivity index (χ0v) is 24.6. The Bertz CT molecular complexity index is 1070. The maximum Gasteiger partial charge on any atom is 1.00 e. The van der Waals surface area contributed by atoms with Crippen molar-refractivity contribution in [3.63, 3.8) is 0 Å². The van der Waals surface area contributed by atoms with Crippen LogP contribution in [-0.4, -0.2) is 37.7 Å². The van der Waals surface area contributed by atoms with E-state index < -0.39 is 47.9 Å². The molecule has 0 spiro atoms. The Hall–Kier alpha value is -0.400. The van der Waals surface area contributed by atoms with Crippen LogP contribution in [0.1, 0.15) is 43.0 Å². The number of aryl methyl sites for hydroxylation is 2. The summed E-state index contributed by atoms with van der Waals surface area (Å²) < 4.78 is 9.14. The van der Waals surface area contributed by atoms with Gasteiger partial charge in [-0.2, -0.15) is 0 Å². The monoisotopic (exact) mass is 492 g/mol. The molecule has 2 aromatic carbocycles. The molecule has 154 valence electrons. The van der Waals surface area contributed by atoms with Crippen LogP contribution in [0.25, 0.3) is 0 Å². The van der Waals surface area contributed by atoms with Crippen LogP contribution >= 0.6 is 7.60 Å².